The van der Waals surface area contributed by atoms with E-state index >= 15 is 0 Å². The molecule has 166 valence electrons. The van der Waals surface area contributed by atoms with Crippen molar-refractivity contribution in [2.24, 2.45) is 0 Å². The fraction of sp³-hybridized carbons (Fsp3) is 0.364. The van der Waals surface area contributed by atoms with E-state index < -0.39 is 0 Å². The second-order valence-electron chi connectivity index (χ2n) is 6.93. The van der Waals surface area contributed by atoms with Crippen molar-refractivity contribution in [1.29, 1.82) is 0 Å². The molecule has 3 N–H and O–H groups in total. The van der Waals surface area contributed by atoms with Crippen LogP contribution in [0.1, 0.15) is 23.8 Å². The van der Waals surface area contributed by atoms with E-state index in [-0.39, 0.29) is 36.3 Å². The number of para-hydroxylation sites is 1. The number of nitrogens with one attached hydrogen (secondary N) is 1. The lowest BCUT2D eigenvalue weighted by Crippen LogP contribution is -2.38. The molecule has 1 aliphatic heterocycles. The molecule has 0 saturated carbocycles. The van der Waals surface area contributed by atoms with Crippen molar-refractivity contribution >= 4 is 47.4 Å². The summed E-state index contributed by atoms with van der Waals surface area (Å²) in [6, 6.07) is 18.3. The predicted molar refractivity (Wildman–Crippen MR) is 127 cm³/mol. The van der Waals surface area contributed by atoms with Crippen LogP contribution in [0, 0.1) is 0 Å². The first-order valence-electron chi connectivity index (χ1n) is 9.57. The highest BCUT2D eigenvalue weighted by Gasteiger charge is 2.18. The Balaban J connectivity index is 0.00000150. The number of nitrogens with zero attached hydrogens (tertiary/aromatic N) is 1. The second-order valence-corrected chi connectivity index (χ2v) is 7.37. The SMILES string of the molecule is Cl.Cl.Clc1ccc(C(NCCCN2CCOCC2)c2cc3ccccc3o2)cc1.O. The summed E-state index contributed by atoms with van der Waals surface area (Å²) in [6.45, 7) is 5.76. The summed E-state index contributed by atoms with van der Waals surface area (Å²) in [5.41, 5.74) is 2.08. The van der Waals surface area contributed by atoms with E-state index in [1.54, 1.807) is 0 Å². The van der Waals surface area contributed by atoms with E-state index in [2.05, 4.69) is 34.5 Å². The number of rotatable bonds is 7. The molecule has 1 aromatic heterocycles. The smallest absolute Gasteiger partial charge is 0.134 e. The van der Waals surface area contributed by atoms with Crippen molar-refractivity contribution in [3.8, 4) is 0 Å². The molecule has 3 aromatic rings. The molecule has 5 nitrogen and oxygen atoms in total. The van der Waals surface area contributed by atoms with Crippen LogP contribution in [0.15, 0.2) is 59.0 Å². The summed E-state index contributed by atoms with van der Waals surface area (Å²) in [5, 5.41) is 5.55. The highest BCUT2D eigenvalue weighted by Crippen LogP contribution is 2.29. The molecule has 0 bridgehead atoms. The number of ether oxygens (including phenoxy) is 1. The van der Waals surface area contributed by atoms with Crippen molar-refractivity contribution in [3.63, 3.8) is 0 Å². The van der Waals surface area contributed by atoms with E-state index in [9.17, 15) is 0 Å². The van der Waals surface area contributed by atoms with Crippen LogP contribution in [0.2, 0.25) is 5.02 Å². The topological polar surface area (TPSA) is 69.1 Å². The molecule has 2 aromatic carbocycles. The lowest BCUT2D eigenvalue weighted by molar-refractivity contribution is 0.0374. The number of hydrogen-bond acceptors (Lipinski definition) is 4. The highest BCUT2D eigenvalue weighted by atomic mass is 35.5. The molecular weight excluding hydrogens is 447 g/mol. The lowest BCUT2D eigenvalue weighted by atomic mass is 10.0. The summed E-state index contributed by atoms with van der Waals surface area (Å²) in [6.07, 6.45) is 1.09. The first-order chi connectivity index (χ1) is 13.3. The maximum absolute atomic E-state index is 6.14. The average molecular weight is 476 g/mol. The van der Waals surface area contributed by atoms with Gasteiger partial charge in [-0.2, -0.15) is 0 Å². The van der Waals surface area contributed by atoms with Gasteiger partial charge < -0.3 is 19.9 Å². The third-order valence-corrected chi connectivity index (χ3v) is 5.29. The fourth-order valence-electron chi connectivity index (χ4n) is 3.56. The first-order valence-corrected chi connectivity index (χ1v) is 9.95. The van der Waals surface area contributed by atoms with Gasteiger partial charge in [0.1, 0.15) is 11.3 Å². The lowest BCUT2D eigenvalue weighted by Gasteiger charge is -2.26. The summed E-state index contributed by atoms with van der Waals surface area (Å²) < 4.78 is 11.6. The van der Waals surface area contributed by atoms with Crippen LogP contribution in [0.4, 0.5) is 0 Å². The van der Waals surface area contributed by atoms with Gasteiger partial charge in [-0.05, 0) is 49.3 Å². The van der Waals surface area contributed by atoms with Crippen molar-refractivity contribution < 1.29 is 14.6 Å². The zero-order valence-electron chi connectivity index (χ0n) is 16.7. The van der Waals surface area contributed by atoms with Crippen LogP contribution in [0.5, 0.6) is 0 Å². The second kappa shape index (κ2) is 13.2. The molecule has 1 unspecified atom stereocenters. The van der Waals surface area contributed by atoms with E-state index in [0.717, 1.165) is 73.1 Å². The molecule has 0 amide bonds. The maximum Gasteiger partial charge on any atom is 0.134 e. The molecule has 2 heterocycles. The van der Waals surface area contributed by atoms with Crippen LogP contribution in [0.3, 0.4) is 0 Å². The number of hydrogen-bond donors (Lipinski definition) is 1. The Morgan fingerprint density at radius 2 is 1.70 bits per heavy atom. The summed E-state index contributed by atoms with van der Waals surface area (Å²) in [4.78, 5) is 2.46. The number of furan rings is 1. The van der Waals surface area contributed by atoms with Gasteiger partial charge in [-0.3, -0.25) is 4.90 Å². The van der Waals surface area contributed by atoms with Crippen LogP contribution in [-0.2, 0) is 4.74 Å². The number of morpholine rings is 1. The van der Waals surface area contributed by atoms with Gasteiger partial charge in [0.2, 0.25) is 0 Å². The third kappa shape index (κ3) is 6.86. The molecule has 0 spiro atoms. The molecule has 4 rings (SSSR count). The average Bonchev–Trinajstić information content (AvgIpc) is 3.13. The van der Waals surface area contributed by atoms with E-state index in [1.807, 2.05) is 30.3 Å². The van der Waals surface area contributed by atoms with E-state index in [1.165, 1.54) is 0 Å². The van der Waals surface area contributed by atoms with Gasteiger partial charge in [0.25, 0.3) is 0 Å². The van der Waals surface area contributed by atoms with E-state index in [4.69, 9.17) is 20.8 Å². The molecule has 30 heavy (non-hydrogen) atoms. The number of fused-ring (bicyclic) bond motifs is 1. The minimum Gasteiger partial charge on any atom is -0.459 e. The molecule has 8 heteroatoms. The Morgan fingerprint density at radius 3 is 2.40 bits per heavy atom. The summed E-state index contributed by atoms with van der Waals surface area (Å²) >= 11 is 6.08. The molecule has 0 radical (unpaired) electrons. The first kappa shape index (κ1) is 26.7. The Morgan fingerprint density at radius 1 is 1.00 bits per heavy atom. The highest BCUT2D eigenvalue weighted by molar-refractivity contribution is 6.30. The number of halogens is 3. The normalized spacial score (nSPS) is 15.0. The Kier molecular flexibility index (Phi) is 11.7. The van der Waals surface area contributed by atoms with Gasteiger partial charge in [-0.1, -0.05) is 41.9 Å². The zero-order chi connectivity index (χ0) is 18.5. The Labute approximate surface area is 194 Å². The molecule has 1 fully saturated rings. The molecule has 1 atom stereocenters. The van der Waals surface area contributed by atoms with Gasteiger partial charge in [-0.15, -0.1) is 24.8 Å². The quantitative estimate of drug-likeness (QED) is 0.511. The minimum atomic E-state index is 0. The van der Waals surface area contributed by atoms with Crippen molar-refractivity contribution in [1.82, 2.24) is 10.2 Å². The van der Waals surface area contributed by atoms with Gasteiger partial charge in [-0.25, -0.2) is 0 Å². The summed E-state index contributed by atoms with van der Waals surface area (Å²) in [5.74, 6) is 0.935. The Bertz CT molecular complexity index is 834. The number of benzene rings is 2. The Hall–Kier alpha value is -1.31. The van der Waals surface area contributed by atoms with Crippen molar-refractivity contribution in [2.45, 2.75) is 12.5 Å². The van der Waals surface area contributed by atoms with Gasteiger partial charge >= 0.3 is 0 Å². The fourth-order valence-corrected chi connectivity index (χ4v) is 3.68. The maximum atomic E-state index is 6.14. The standard InChI is InChI=1S/C22H25ClN2O2.2ClH.H2O/c23-19-8-6-17(7-9-19)22(21-16-18-4-1-2-5-20(18)27-21)24-10-3-11-25-12-14-26-15-13-25;;;/h1-2,4-9,16,22,24H,3,10-15H2;2*1H;1H2. The van der Waals surface area contributed by atoms with Crippen LogP contribution in [-0.4, -0.2) is 49.8 Å². The van der Waals surface area contributed by atoms with Crippen molar-refractivity contribution in [2.75, 3.05) is 39.4 Å². The molecular formula is C22H29Cl3N2O3. The molecule has 0 aliphatic carbocycles. The van der Waals surface area contributed by atoms with Crippen LogP contribution >= 0.6 is 36.4 Å². The molecule has 1 aliphatic rings. The third-order valence-electron chi connectivity index (χ3n) is 5.04. The zero-order valence-corrected chi connectivity index (χ0v) is 19.1. The van der Waals surface area contributed by atoms with Crippen LogP contribution < -0.4 is 5.32 Å². The predicted octanol–water partition coefficient (Wildman–Crippen LogP) is 4.51. The van der Waals surface area contributed by atoms with Gasteiger partial charge in [0, 0.05) is 23.5 Å². The minimum absolute atomic E-state index is 0. The summed E-state index contributed by atoms with van der Waals surface area (Å²) in [7, 11) is 0. The largest absolute Gasteiger partial charge is 0.459 e. The van der Waals surface area contributed by atoms with Gasteiger partial charge in [0.15, 0.2) is 0 Å². The van der Waals surface area contributed by atoms with Gasteiger partial charge in [0.05, 0.1) is 19.3 Å². The molecule has 1 saturated heterocycles. The van der Waals surface area contributed by atoms with Crippen molar-refractivity contribution in [3.05, 3.63) is 70.9 Å². The van der Waals surface area contributed by atoms with Crippen LogP contribution in [0.25, 0.3) is 11.0 Å². The van der Waals surface area contributed by atoms with E-state index in [0.29, 0.717) is 0 Å². The monoisotopic (exact) mass is 474 g/mol.